The minimum absolute atomic E-state index is 0.0137. The number of hydrogen-bond donors (Lipinski definition) is 3. The van der Waals surface area contributed by atoms with E-state index in [1.54, 1.807) is 13.1 Å². The van der Waals surface area contributed by atoms with Gasteiger partial charge in [-0.15, -0.1) is 11.8 Å². The van der Waals surface area contributed by atoms with Gasteiger partial charge < -0.3 is 20.9 Å². The van der Waals surface area contributed by atoms with Gasteiger partial charge in [-0.1, -0.05) is 61.9 Å². The summed E-state index contributed by atoms with van der Waals surface area (Å²) in [5.74, 6) is -0.581. The van der Waals surface area contributed by atoms with E-state index in [1.807, 2.05) is 57.2 Å². The molecule has 1 heterocycles. The van der Waals surface area contributed by atoms with Crippen LogP contribution in [0, 0.1) is 11.3 Å². The molecule has 0 spiro atoms. The molecule has 8 heteroatoms. The van der Waals surface area contributed by atoms with E-state index < -0.39 is 11.4 Å². The van der Waals surface area contributed by atoms with E-state index in [2.05, 4.69) is 51.7 Å². The van der Waals surface area contributed by atoms with Gasteiger partial charge in [0.2, 0.25) is 5.91 Å². The highest BCUT2D eigenvalue weighted by atomic mass is 32.2. The molecule has 0 aliphatic carbocycles. The molecule has 2 aromatic carbocycles. The van der Waals surface area contributed by atoms with Gasteiger partial charge >= 0.3 is 0 Å². The number of amides is 2. The Morgan fingerprint density at radius 2 is 1.71 bits per heavy atom. The van der Waals surface area contributed by atoms with E-state index >= 15 is 0 Å². The number of anilines is 1. The number of nitriles is 1. The molecule has 3 N–H and O–H groups in total. The van der Waals surface area contributed by atoms with Gasteiger partial charge in [-0.05, 0) is 94.9 Å². The fraction of sp³-hybridized carbons (Fsp3) is 0.441. The number of benzene rings is 2. The highest BCUT2D eigenvalue weighted by Gasteiger charge is 2.24. The van der Waals surface area contributed by atoms with Crippen LogP contribution in [-0.2, 0) is 21.5 Å². The van der Waals surface area contributed by atoms with Crippen molar-refractivity contribution in [3.63, 3.8) is 0 Å². The molecule has 1 atom stereocenters. The van der Waals surface area contributed by atoms with Crippen molar-refractivity contribution >= 4 is 29.3 Å². The monoisotopic (exact) mass is 589 g/mol. The molecule has 0 bridgehead atoms. The first-order chi connectivity index (χ1) is 20.2. The minimum Gasteiger partial charge on any atom is -0.362 e. The largest absolute Gasteiger partial charge is 0.362 e. The molecule has 0 aromatic heterocycles. The van der Waals surface area contributed by atoms with Crippen LogP contribution in [0.4, 0.5) is 5.69 Å². The summed E-state index contributed by atoms with van der Waals surface area (Å²) >= 11 is 1.15. The Hall–Kier alpha value is -3.54. The summed E-state index contributed by atoms with van der Waals surface area (Å²) in [6.45, 7) is 15.3. The third-order valence-corrected chi connectivity index (χ3v) is 8.03. The number of carbonyl (C=O) groups excluding carboxylic acids is 2. The predicted molar refractivity (Wildman–Crippen MR) is 176 cm³/mol. The first-order valence-corrected chi connectivity index (χ1v) is 15.7. The summed E-state index contributed by atoms with van der Waals surface area (Å²) in [5, 5.41) is 19.0. The van der Waals surface area contributed by atoms with Crippen LogP contribution in [0.25, 0.3) is 0 Å². The maximum Gasteiger partial charge on any atom is 0.263 e. The second-order valence-corrected chi connectivity index (χ2v) is 12.0. The molecular weight excluding hydrogens is 542 g/mol. The Morgan fingerprint density at radius 1 is 1.07 bits per heavy atom. The number of likely N-dealkylation sites (tertiary alicyclic amines) is 1. The normalized spacial score (nSPS) is 14.7. The van der Waals surface area contributed by atoms with Crippen molar-refractivity contribution in [2.45, 2.75) is 70.6 Å². The average Bonchev–Trinajstić information content (AvgIpc) is 3.27. The fourth-order valence-corrected chi connectivity index (χ4v) is 5.20. The van der Waals surface area contributed by atoms with Gasteiger partial charge in [-0.3, -0.25) is 9.59 Å². The highest BCUT2D eigenvalue weighted by Crippen LogP contribution is 2.21. The van der Waals surface area contributed by atoms with Crippen LogP contribution in [-0.4, -0.2) is 48.1 Å². The third-order valence-electron chi connectivity index (χ3n) is 7.03. The van der Waals surface area contributed by atoms with Crippen LogP contribution in [0.15, 0.2) is 78.4 Å². The van der Waals surface area contributed by atoms with E-state index in [0.717, 1.165) is 29.4 Å². The van der Waals surface area contributed by atoms with Crippen LogP contribution in [0.3, 0.4) is 0 Å². The summed E-state index contributed by atoms with van der Waals surface area (Å²) < 4.78 is 0. The molecule has 0 saturated carbocycles. The molecule has 2 amide bonds. The zero-order valence-corrected chi connectivity index (χ0v) is 26.4. The standard InChI is InChI=1S/C18H23N3O2S.C16H24N2/c1-5-20-16(22)13(2)24-12-14(11-19)17(23)21-18(3,4)15-9-7-6-8-10-15;1-2-17-16-9-7-15(8-10-16)11-14-18-12-5-3-4-6-13-18/h6-10,12-13H,5H2,1-4H3,(H,20,22)(H,21,23);2,7-10,17H,1,3-6,11-14H2/b14-12-;. The molecule has 2 aromatic rings. The van der Waals surface area contributed by atoms with Gasteiger partial charge in [-0.25, -0.2) is 0 Å². The minimum atomic E-state index is -0.607. The molecule has 0 radical (unpaired) electrons. The number of hydrogen-bond acceptors (Lipinski definition) is 6. The fourth-order valence-electron chi connectivity index (χ4n) is 4.49. The van der Waals surface area contributed by atoms with Crippen LogP contribution in [0.2, 0.25) is 0 Å². The summed E-state index contributed by atoms with van der Waals surface area (Å²) in [4.78, 5) is 26.7. The van der Waals surface area contributed by atoms with Gasteiger partial charge in [0, 0.05) is 18.8 Å². The molecule has 1 aliphatic heterocycles. The summed E-state index contributed by atoms with van der Waals surface area (Å²) in [6.07, 6.45) is 8.46. The van der Waals surface area contributed by atoms with Gasteiger partial charge in [0.25, 0.3) is 5.91 Å². The van der Waals surface area contributed by atoms with E-state index in [9.17, 15) is 14.9 Å². The SMILES string of the molecule is C=CNc1ccc(CCN2CCCCCC2)cc1.CCNC(=O)C(C)S/C=C(/C#N)C(=O)NC(C)(C)c1ccccc1. The van der Waals surface area contributed by atoms with Crippen LogP contribution in [0.1, 0.15) is 64.5 Å². The van der Waals surface area contributed by atoms with Gasteiger partial charge in [-0.2, -0.15) is 5.26 Å². The maximum absolute atomic E-state index is 12.4. The van der Waals surface area contributed by atoms with Gasteiger partial charge in [0.15, 0.2) is 0 Å². The molecule has 1 fully saturated rings. The first-order valence-electron chi connectivity index (χ1n) is 14.8. The Morgan fingerprint density at radius 3 is 2.29 bits per heavy atom. The second-order valence-electron chi connectivity index (χ2n) is 10.8. The Kier molecular flexibility index (Phi) is 15.5. The van der Waals surface area contributed by atoms with Crippen LogP contribution >= 0.6 is 11.8 Å². The molecule has 1 unspecified atom stereocenters. The number of nitrogens with one attached hydrogen (secondary N) is 3. The molecule has 226 valence electrons. The summed E-state index contributed by atoms with van der Waals surface area (Å²) in [5.41, 5.74) is 2.86. The highest BCUT2D eigenvalue weighted by molar-refractivity contribution is 8.03. The lowest BCUT2D eigenvalue weighted by Crippen LogP contribution is -2.41. The van der Waals surface area contributed by atoms with Crippen molar-refractivity contribution < 1.29 is 9.59 Å². The summed E-state index contributed by atoms with van der Waals surface area (Å²) in [6, 6.07) is 20.1. The lowest BCUT2D eigenvalue weighted by molar-refractivity contribution is -0.120. The van der Waals surface area contributed by atoms with Crippen molar-refractivity contribution in [3.8, 4) is 6.07 Å². The quantitative estimate of drug-likeness (QED) is 0.197. The van der Waals surface area contributed by atoms with Crippen molar-refractivity contribution in [1.29, 1.82) is 5.26 Å². The van der Waals surface area contributed by atoms with E-state index in [4.69, 9.17) is 0 Å². The number of carbonyl (C=O) groups is 2. The topological polar surface area (TPSA) is 97.3 Å². The summed E-state index contributed by atoms with van der Waals surface area (Å²) in [7, 11) is 0. The van der Waals surface area contributed by atoms with Gasteiger partial charge in [0.05, 0.1) is 10.8 Å². The van der Waals surface area contributed by atoms with E-state index in [0.29, 0.717) is 6.54 Å². The Bertz CT molecular complexity index is 1180. The number of thioether (sulfide) groups is 1. The van der Waals surface area contributed by atoms with Crippen molar-refractivity contribution in [2.75, 3.05) is 31.5 Å². The molecule has 1 saturated heterocycles. The molecule has 42 heavy (non-hydrogen) atoms. The molecule has 3 rings (SSSR count). The van der Waals surface area contributed by atoms with Crippen molar-refractivity contribution in [3.05, 3.63) is 89.5 Å². The predicted octanol–water partition coefficient (Wildman–Crippen LogP) is 6.36. The van der Waals surface area contributed by atoms with Crippen LogP contribution < -0.4 is 16.0 Å². The zero-order chi connectivity index (χ0) is 30.8. The van der Waals surface area contributed by atoms with E-state index in [-0.39, 0.29) is 16.7 Å². The Balaban J connectivity index is 0.000000305. The molecular formula is C34H47N5O2S. The first kappa shape index (κ1) is 34.7. The average molecular weight is 590 g/mol. The Labute approximate surface area is 256 Å². The zero-order valence-electron chi connectivity index (χ0n) is 25.6. The molecule has 7 nitrogen and oxygen atoms in total. The van der Waals surface area contributed by atoms with Crippen LogP contribution in [0.5, 0.6) is 0 Å². The van der Waals surface area contributed by atoms with E-state index in [1.165, 1.54) is 56.3 Å². The number of rotatable bonds is 12. The molecule has 1 aliphatic rings. The van der Waals surface area contributed by atoms with Gasteiger partial charge in [0.1, 0.15) is 11.6 Å². The maximum atomic E-state index is 12.4. The van der Waals surface area contributed by atoms with Crippen molar-refractivity contribution in [2.24, 2.45) is 0 Å². The third kappa shape index (κ3) is 12.5. The lowest BCUT2D eigenvalue weighted by Gasteiger charge is -2.26. The second kappa shape index (κ2) is 18.8. The number of nitrogens with zero attached hydrogens (tertiary/aromatic N) is 2. The smallest absolute Gasteiger partial charge is 0.263 e. The van der Waals surface area contributed by atoms with Crippen molar-refractivity contribution in [1.82, 2.24) is 15.5 Å². The lowest BCUT2D eigenvalue weighted by atomic mass is 9.94.